The van der Waals surface area contributed by atoms with Gasteiger partial charge in [0.1, 0.15) is 0 Å². The number of esters is 1. The van der Waals surface area contributed by atoms with Gasteiger partial charge in [0.05, 0.1) is 23.6 Å². The summed E-state index contributed by atoms with van der Waals surface area (Å²) in [5, 5.41) is 7.53. The van der Waals surface area contributed by atoms with Crippen molar-refractivity contribution in [2.45, 2.75) is 40.7 Å². The standard InChI is InChI=1S/C21H26N4O4/c1-11-7-17(19-14(4)23-24-20(19)22-11)21(27)29-10-18(26)16-8-12(2)25(15(16)5)13(3)9-28-6/h7-8,13H,9-10H2,1-6H3,(H,22,23,24). The van der Waals surface area contributed by atoms with Gasteiger partial charge in [0.25, 0.3) is 0 Å². The van der Waals surface area contributed by atoms with E-state index in [2.05, 4.69) is 19.7 Å². The third-order valence-corrected chi connectivity index (χ3v) is 5.02. The number of hydrogen-bond acceptors (Lipinski definition) is 6. The molecule has 8 heteroatoms. The van der Waals surface area contributed by atoms with E-state index in [0.717, 1.165) is 17.1 Å². The Hall–Kier alpha value is -3.00. The lowest BCUT2D eigenvalue weighted by molar-refractivity contribution is 0.0476. The zero-order valence-electron chi connectivity index (χ0n) is 17.6. The molecule has 3 aromatic rings. The first kappa shape index (κ1) is 20.7. The fourth-order valence-electron chi connectivity index (χ4n) is 3.80. The van der Waals surface area contributed by atoms with Gasteiger partial charge in [-0.05, 0) is 46.8 Å². The molecule has 0 bridgehead atoms. The SMILES string of the molecule is COCC(C)n1c(C)cc(C(=O)COC(=O)c2cc(C)nc3n[nH]c(C)c23)c1C. The summed E-state index contributed by atoms with van der Waals surface area (Å²) in [7, 11) is 1.65. The topological polar surface area (TPSA) is 99.1 Å². The molecule has 0 aliphatic rings. The third kappa shape index (κ3) is 3.93. The molecule has 0 amide bonds. The van der Waals surface area contributed by atoms with E-state index in [4.69, 9.17) is 9.47 Å². The van der Waals surface area contributed by atoms with Crippen molar-refractivity contribution in [3.8, 4) is 0 Å². The normalized spacial score (nSPS) is 12.3. The molecule has 0 aromatic carbocycles. The van der Waals surface area contributed by atoms with Gasteiger partial charge in [-0.3, -0.25) is 9.89 Å². The van der Waals surface area contributed by atoms with Crippen LogP contribution in [0.2, 0.25) is 0 Å². The lowest BCUT2D eigenvalue weighted by atomic mass is 10.1. The number of aromatic nitrogens is 4. The summed E-state index contributed by atoms with van der Waals surface area (Å²) in [5.74, 6) is -0.812. The van der Waals surface area contributed by atoms with E-state index < -0.39 is 5.97 Å². The predicted octanol–water partition coefficient (Wildman–Crippen LogP) is 3.24. The van der Waals surface area contributed by atoms with E-state index in [9.17, 15) is 9.59 Å². The van der Waals surface area contributed by atoms with Crippen LogP contribution >= 0.6 is 0 Å². The van der Waals surface area contributed by atoms with Gasteiger partial charge in [0, 0.05) is 35.4 Å². The lowest BCUT2D eigenvalue weighted by Crippen LogP contribution is -2.17. The quantitative estimate of drug-likeness (QED) is 0.484. The maximum absolute atomic E-state index is 12.7. The van der Waals surface area contributed by atoms with E-state index in [1.54, 1.807) is 20.1 Å². The Bertz CT molecular complexity index is 1080. The summed E-state index contributed by atoms with van der Waals surface area (Å²) >= 11 is 0. The van der Waals surface area contributed by atoms with Crippen LogP contribution in [0.25, 0.3) is 11.0 Å². The molecule has 29 heavy (non-hydrogen) atoms. The van der Waals surface area contributed by atoms with Crippen LogP contribution in [0, 0.1) is 27.7 Å². The molecule has 8 nitrogen and oxygen atoms in total. The highest BCUT2D eigenvalue weighted by molar-refractivity contribution is 6.05. The number of hydrogen-bond donors (Lipinski definition) is 1. The van der Waals surface area contributed by atoms with Crippen molar-refractivity contribution in [3.63, 3.8) is 0 Å². The second-order valence-corrected chi connectivity index (χ2v) is 7.32. The minimum absolute atomic E-state index is 0.0984. The number of Topliss-reactive ketones (excluding diaryl/α,β-unsaturated/α-hetero) is 1. The molecule has 1 atom stereocenters. The first-order valence-electron chi connectivity index (χ1n) is 9.44. The summed E-state index contributed by atoms with van der Waals surface area (Å²) in [6.07, 6.45) is 0. The van der Waals surface area contributed by atoms with Crippen molar-refractivity contribution in [2.24, 2.45) is 0 Å². The van der Waals surface area contributed by atoms with Gasteiger partial charge in [0.15, 0.2) is 12.3 Å². The van der Waals surface area contributed by atoms with E-state index in [1.807, 2.05) is 33.8 Å². The lowest BCUT2D eigenvalue weighted by Gasteiger charge is -2.17. The highest BCUT2D eigenvalue weighted by atomic mass is 16.5. The zero-order chi connectivity index (χ0) is 21.3. The second-order valence-electron chi connectivity index (χ2n) is 7.32. The van der Waals surface area contributed by atoms with Gasteiger partial charge in [0.2, 0.25) is 5.78 Å². The summed E-state index contributed by atoms with van der Waals surface area (Å²) in [4.78, 5) is 29.7. The number of fused-ring (bicyclic) bond motifs is 1. The smallest absolute Gasteiger partial charge is 0.339 e. The number of ketones is 1. The van der Waals surface area contributed by atoms with E-state index >= 15 is 0 Å². The molecule has 0 aliphatic carbocycles. The number of aryl methyl sites for hydroxylation is 3. The number of rotatable bonds is 7. The number of carbonyl (C=O) groups excluding carboxylic acids is 2. The van der Waals surface area contributed by atoms with Gasteiger partial charge >= 0.3 is 5.97 Å². The molecular formula is C21H26N4O4. The number of nitrogens with one attached hydrogen (secondary N) is 1. The molecule has 3 heterocycles. The Morgan fingerprint density at radius 3 is 2.59 bits per heavy atom. The van der Waals surface area contributed by atoms with Gasteiger partial charge in [-0.25, -0.2) is 9.78 Å². The van der Waals surface area contributed by atoms with Crippen LogP contribution in [0.4, 0.5) is 0 Å². The third-order valence-electron chi connectivity index (χ3n) is 5.02. The minimum Gasteiger partial charge on any atom is -0.454 e. The number of H-pyrrole nitrogens is 1. The molecule has 0 fully saturated rings. The Kier molecular flexibility index (Phi) is 5.83. The zero-order valence-corrected chi connectivity index (χ0v) is 17.6. The Labute approximate surface area is 169 Å². The Morgan fingerprint density at radius 1 is 1.17 bits per heavy atom. The van der Waals surface area contributed by atoms with E-state index in [1.165, 1.54) is 0 Å². The minimum atomic E-state index is -0.570. The maximum atomic E-state index is 12.7. The van der Waals surface area contributed by atoms with Crippen LogP contribution in [-0.4, -0.2) is 51.8 Å². The van der Waals surface area contributed by atoms with Crippen molar-refractivity contribution in [2.75, 3.05) is 20.3 Å². The predicted molar refractivity (Wildman–Crippen MR) is 108 cm³/mol. The van der Waals surface area contributed by atoms with E-state index in [-0.39, 0.29) is 18.4 Å². The maximum Gasteiger partial charge on any atom is 0.339 e. The highest BCUT2D eigenvalue weighted by Gasteiger charge is 2.22. The van der Waals surface area contributed by atoms with Crippen LogP contribution in [0.3, 0.4) is 0 Å². The van der Waals surface area contributed by atoms with Gasteiger partial charge < -0.3 is 14.0 Å². The van der Waals surface area contributed by atoms with Crippen molar-refractivity contribution < 1.29 is 19.1 Å². The average molecular weight is 398 g/mol. The molecule has 1 unspecified atom stereocenters. The molecule has 3 aromatic heterocycles. The molecule has 0 aliphatic heterocycles. The van der Waals surface area contributed by atoms with Crippen LogP contribution < -0.4 is 0 Å². The Balaban J connectivity index is 1.79. The number of aromatic amines is 1. The van der Waals surface area contributed by atoms with Crippen molar-refractivity contribution in [1.29, 1.82) is 0 Å². The van der Waals surface area contributed by atoms with Crippen molar-refractivity contribution in [1.82, 2.24) is 19.7 Å². The fourth-order valence-corrected chi connectivity index (χ4v) is 3.80. The monoisotopic (exact) mass is 398 g/mol. The van der Waals surface area contributed by atoms with Crippen LogP contribution in [0.1, 0.15) is 56.5 Å². The number of nitrogens with zero attached hydrogens (tertiary/aromatic N) is 3. The molecule has 0 spiro atoms. The average Bonchev–Trinajstić information content (AvgIpc) is 3.18. The molecule has 1 N–H and O–H groups in total. The molecule has 0 radical (unpaired) electrons. The molecule has 154 valence electrons. The van der Waals surface area contributed by atoms with Gasteiger partial charge in [-0.15, -0.1) is 0 Å². The number of methoxy groups -OCH3 is 1. The van der Waals surface area contributed by atoms with Gasteiger partial charge in [-0.2, -0.15) is 5.10 Å². The molecular weight excluding hydrogens is 372 g/mol. The number of ether oxygens (including phenoxy) is 2. The van der Waals surface area contributed by atoms with Crippen LogP contribution in [0.15, 0.2) is 12.1 Å². The number of carbonyl (C=O) groups is 2. The Morgan fingerprint density at radius 2 is 1.90 bits per heavy atom. The van der Waals surface area contributed by atoms with Crippen molar-refractivity contribution in [3.05, 3.63) is 46.0 Å². The summed E-state index contributed by atoms with van der Waals surface area (Å²) < 4.78 is 12.6. The first-order valence-corrected chi connectivity index (χ1v) is 9.44. The highest BCUT2D eigenvalue weighted by Crippen LogP contribution is 2.23. The summed E-state index contributed by atoms with van der Waals surface area (Å²) in [5.41, 5.74) is 4.53. The van der Waals surface area contributed by atoms with Crippen LogP contribution in [0.5, 0.6) is 0 Å². The molecule has 0 saturated carbocycles. The number of pyridine rings is 1. The largest absolute Gasteiger partial charge is 0.454 e. The van der Waals surface area contributed by atoms with Crippen LogP contribution in [-0.2, 0) is 9.47 Å². The fraction of sp³-hybridized carbons (Fsp3) is 0.429. The summed E-state index contributed by atoms with van der Waals surface area (Å²) in [6, 6.07) is 3.57. The molecule has 0 saturated heterocycles. The second kappa shape index (κ2) is 8.16. The van der Waals surface area contributed by atoms with Gasteiger partial charge in [-0.1, -0.05) is 0 Å². The summed E-state index contributed by atoms with van der Waals surface area (Å²) in [6.45, 7) is 9.66. The first-order chi connectivity index (χ1) is 13.7. The molecule has 3 rings (SSSR count). The van der Waals surface area contributed by atoms with Crippen molar-refractivity contribution >= 4 is 22.8 Å². The van der Waals surface area contributed by atoms with E-state index in [0.29, 0.717) is 34.5 Å².